The summed E-state index contributed by atoms with van der Waals surface area (Å²) in [6, 6.07) is 0. The summed E-state index contributed by atoms with van der Waals surface area (Å²) in [6.45, 7) is 6.88. The van der Waals surface area contributed by atoms with E-state index in [9.17, 15) is 4.79 Å². The fraction of sp³-hybridized carbons (Fsp3) is 0.667. The molecular weight excluding hydrogens is 236 g/mol. The third kappa shape index (κ3) is 3.26. The predicted molar refractivity (Wildman–Crippen MR) is 67.3 cm³/mol. The van der Waals surface area contributed by atoms with Crippen molar-refractivity contribution >= 4 is 17.2 Å². The van der Waals surface area contributed by atoms with Gasteiger partial charge in [-0.25, -0.2) is 4.98 Å². The first-order valence-electron chi connectivity index (χ1n) is 5.95. The van der Waals surface area contributed by atoms with E-state index in [1.54, 1.807) is 11.3 Å². The summed E-state index contributed by atoms with van der Waals surface area (Å²) >= 11 is 1.70. The molecule has 1 aromatic rings. The van der Waals surface area contributed by atoms with Gasteiger partial charge in [0, 0.05) is 30.8 Å². The van der Waals surface area contributed by atoms with E-state index in [1.165, 1.54) is 4.88 Å². The van der Waals surface area contributed by atoms with Crippen molar-refractivity contribution < 1.29 is 9.53 Å². The minimum Gasteiger partial charge on any atom is -0.378 e. The Kier molecular flexibility index (Phi) is 4.12. The molecule has 1 aliphatic rings. The van der Waals surface area contributed by atoms with Crippen LogP contribution in [-0.4, -0.2) is 42.1 Å². The van der Waals surface area contributed by atoms with Crippen LogP contribution in [0.4, 0.5) is 0 Å². The van der Waals surface area contributed by atoms with Crippen LogP contribution in [0.15, 0.2) is 0 Å². The molecule has 1 fully saturated rings. The normalized spacial score (nSPS) is 16.2. The Balaban J connectivity index is 1.83. The molecule has 94 valence electrons. The number of hydrogen-bond acceptors (Lipinski definition) is 4. The first-order valence-corrected chi connectivity index (χ1v) is 6.77. The van der Waals surface area contributed by atoms with Crippen molar-refractivity contribution in [3.63, 3.8) is 0 Å². The van der Waals surface area contributed by atoms with Crippen LogP contribution < -0.4 is 0 Å². The van der Waals surface area contributed by atoms with Crippen molar-refractivity contribution in [2.45, 2.75) is 26.7 Å². The minimum absolute atomic E-state index is 0.221. The SMILES string of the molecule is Cc1nc(CCC(=O)N2CCOCC2)sc1C. The second-order valence-corrected chi connectivity index (χ2v) is 5.53. The summed E-state index contributed by atoms with van der Waals surface area (Å²) in [5, 5.41) is 1.07. The van der Waals surface area contributed by atoms with Crippen molar-refractivity contribution in [3.8, 4) is 0 Å². The molecule has 4 nitrogen and oxygen atoms in total. The third-order valence-corrected chi connectivity index (χ3v) is 4.12. The highest BCUT2D eigenvalue weighted by Crippen LogP contribution is 2.18. The Morgan fingerprint density at radius 2 is 2.12 bits per heavy atom. The summed E-state index contributed by atoms with van der Waals surface area (Å²) in [4.78, 5) is 19.5. The molecule has 0 aromatic carbocycles. The van der Waals surface area contributed by atoms with E-state index in [0.29, 0.717) is 19.6 Å². The largest absolute Gasteiger partial charge is 0.378 e. The van der Waals surface area contributed by atoms with Crippen molar-refractivity contribution in [2.75, 3.05) is 26.3 Å². The van der Waals surface area contributed by atoms with Crippen LogP contribution in [-0.2, 0) is 16.0 Å². The number of thiazole rings is 1. The molecule has 0 N–H and O–H groups in total. The summed E-state index contributed by atoms with van der Waals surface area (Å²) in [6.07, 6.45) is 1.32. The van der Waals surface area contributed by atoms with Crippen molar-refractivity contribution in [2.24, 2.45) is 0 Å². The lowest BCUT2D eigenvalue weighted by molar-refractivity contribution is -0.135. The van der Waals surface area contributed by atoms with Gasteiger partial charge >= 0.3 is 0 Å². The Bertz CT molecular complexity index is 378. The van der Waals surface area contributed by atoms with E-state index in [-0.39, 0.29) is 5.91 Å². The van der Waals surface area contributed by atoms with Gasteiger partial charge in [-0.15, -0.1) is 11.3 Å². The Hall–Kier alpha value is -0.940. The summed E-state index contributed by atoms with van der Waals surface area (Å²) in [5.74, 6) is 0.221. The second-order valence-electron chi connectivity index (χ2n) is 4.24. The smallest absolute Gasteiger partial charge is 0.223 e. The predicted octanol–water partition coefficient (Wildman–Crippen LogP) is 1.55. The maximum atomic E-state index is 11.9. The van der Waals surface area contributed by atoms with Crippen molar-refractivity contribution in [3.05, 3.63) is 15.6 Å². The number of morpholine rings is 1. The topological polar surface area (TPSA) is 42.4 Å². The van der Waals surface area contributed by atoms with Gasteiger partial charge in [-0.1, -0.05) is 0 Å². The zero-order chi connectivity index (χ0) is 12.3. The third-order valence-electron chi connectivity index (χ3n) is 2.99. The monoisotopic (exact) mass is 254 g/mol. The standard InChI is InChI=1S/C12H18N2O2S/c1-9-10(2)17-11(13-9)3-4-12(15)14-5-7-16-8-6-14/h3-8H2,1-2H3. The van der Waals surface area contributed by atoms with Gasteiger partial charge in [0.1, 0.15) is 0 Å². The molecular formula is C12H18N2O2S. The van der Waals surface area contributed by atoms with Crippen molar-refractivity contribution in [1.82, 2.24) is 9.88 Å². The highest BCUT2D eigenvalue weighted by atomic mass is 32.1. The molecule has 1 aliphatic heterocycles. The fourth-order valence-electron chi connectivity index (χ4n) is 1.83. The van der Waals surface area contributed by atoms with E-state index < -0.39 is 0 Å². The second kappa shape index (κ2) is 5.60. The Morgan fingerprint density at radius 3 is 2.71 bits per heavy atom. The Labute approximate surface area is 106 Å². The van der Waals surface area contributed by atoms with Gasteiger partial charge < -0.3 is 9.64 Å². The number of aryl methyl sites for hydroxylation is 3. The average Bonchev–Trinajstić information content (AvgIpc) is 2.67. The van der Waals surface area contributed by atoms with E-state index in [2.05, 4.69) is 11.9 Å². The van der Waals surface area contributed by atoms with Gasteiger partial charge in [0.05, 0.1) is 23.9 Å². The lowest BCUT2D eigenvalue weighted by Gasteiger charge is -2.26. The molecule has 0 bridgehead atoms. The number of carbonyl (C=O) groups is 1. The number of rotatable bonds is 3. The number of carbonyl (C=O) groups excluding carboxylic acids is 1. The van der Waals surface area contributed by atoms with Gasteiger partial charge in [-0.2, -0.15) is 0 Å². The van der Waals surface area contributed by atoms with E-state index in [0.717, 1.165) is 30.2 Å². The molecule has 0 atom stereocenters. The molecule has 0 aliphatic carbocycles. The Morgan fingerprint density at radius 1 is 1.41 bits per heavy atom. The van der Waals surface area contributed by atoms with Gasteiger partial charge in [0.25, 0.3) is 0 Å². The van der Waals surface area contributed by atoms with E-state index >= 15 is 0 Å². The zero-order valence-electron chi connectivity index (χ0n) is 10.4. The maximum Gasteiger partial charge on any atom is 0.223 e. The van der Waals surface area contributed by atoms with Gasteiger partial charge in [0.2, 0.25) is 5.91 Å². The van der Waals surface area contributed by atoms with E-state index in [4.69, 9.17) is 4.74 Å². The number of ether oxygens (including phenoxy) is 1. The molecule has 1 saturated heterocycles. The highest BCUT2D eigenvalue weighted by Gasteiger charge is 2.17. The van der Waals surface area contributed by atoms with Crippen LogP contribution >= 0.6 is 11.3 Å². The molecule has 1 amide bonds. The summed E-state index contributed by atoms with van der Waals surface area (Å²) in [7, 11) is 0. The molecule has 2 heterocycles. The van der Waals surface area contributed by atoms with Crippen LogP contribution in [0, 0.1) is 13.8 Å². The average molecular weight is 254 g/mol. The molecule has 0 unspecified atom stereocenters. The van der Waals surface area contributed by atoms with Crippen LogP contribution in [0.5, 0.6) is 0 Å². The molecule has 1 aromatic heterocycles. The molecule has 17 heavy (non-hydrogen) atoms. The zero-order valence-corrected chi connectivity index (χ0v) is 11.2. The maximum absolute atomic E-state index is 11.9. The van der Waals surface area contributed by atoms with Gasteiger partial charge in [-0.3, -0.25) is 4.79 Å². The number of amides is 1. The lowest BCUT2D eigenvalue weighted by Crippen LogP contribution is -2.40. The van der Waals surface area contributed by atoms with Crippen molar-refractivity contribution in [1.29, 1.82) is 0 Å². The molecule has 5 heteroatoms. The fourth-order valence-corrected chi connectivity index (χ4v) is 2.76. The highest BCUT2D eigenvalue weighted by molar-refractivity contribution is 7.11. The van der Waals surface area contributed by atoms with Crippen LogP contribution in [0.25, 0.3) is 0 Å². The summed E-state index contributed by atoms with van der Waals surface area (Å²) in [5.41, 5.74) is 1.09. The van der Waals surface area contributed by atoms with Gasteiger partial charge in [-0.05, 0) is 13.8 Å². The summed E-state index contributed by atoms with van der Waals surface area (Å²) < 4.78 is 5.23. The van der Waals surface area contributed by atoms with Crippen LogP contribution in [0.1, 0.15) is 22.0 Å². The van der Waals surface area contributed by atoms with Crippen LogP contribution in [0.3, 0.4) is 0 Å². The number of nitrogens with zero attached hydrogens (tertiary/aromatic N) is 2. The minimum atomic E-state index is 0.221. The first kappa shape index (κ1) is 12.5. The number of aromatic nitrogens is 1. The first-order chi connectivity index (χ1) is 8.16. The van der Waals surface area contributed by atoms with Gasteiger partial charge in [0.15, 0.2) is 0 Å². The van der Waals surface area contributed by atoms with Crippen LogP contribution in [0.2, 0.25) is 0 Å². The quantitative estimate of drug-likeness (QED) is 0.822. The molecule has 0 saturated carbocycles. The van der Waals surface area contributed by atoms with E-state index in [1.807, 2.05) is 11.8 Å². The molecule has 2 rings (SSSR count). The molecule has 0 radical (unpaired) electrons. The molecule has 0 spiro atoms. The lowest BCUT2D eigenvalue weighted by atomic mass is 10.2. The number of hydrogen-bond donors (Lipinski definition) is 0.